The highest BCUT2D eigenvalue weighted by atomic mass is 19.1. The Bertz CT molecular complexity index is 881. The minimum absolute atomic E-state index is 0.0405. The van der Waals surface area contributed by atoms with Crippen molar-refractivity contribution in [2.45, 2.75) is 13.8 Å². The van der Waals surface area contributed by atoms with Crippen molar-refractivity contribution in [3.63, 3.8) is 0 Å². The molecule has 2 aromatic carbocycles. The average molecular weight is 359 g/mol. The van der Waals surface area contributed by atoms with Gasteiger partial charge in [0.25, 0.3) is 11.8 Å². The van der Waals surface area contributed by atoms with E-state index in [0.29, 0.717) is 16.7 Å². The van der Waals surface area contributed by atoms with Crippen molar-refractivity contribution >= 4 is 18.0 Å². The molecule has 0 fully saturated rings. The van der Waals surface area contributed by atoms with Crippen molar-refractivity contribution in [2.75, 3.05) is 6.54 Å². The summed E-state index contributed by atoms with van der Waals surface area (Å²) in [6.07, 6.45) is 1.24. The molecule has 0 aromatic heterocycles. The van der Waals surface area contributed by atoms with Crippen LogP contribution < -0.4 is 10.7 Å². The fraction of sp³-hybridized carbons (Fsp3) is 0.167. The van der Waals surface area contributed by atoms with Crippen LogP contribution in [0, 0.1) is 19.7 Å². The van der Waals surface area contributed by atoms with E-state index in [1.165, 1.54) is 30.5 Å². The number of phenolic OH excluding ortho intramolecular Hbond substituents is 2. The molecule has 4 N–H and O–H groups in total. The lowest BCUT2D eigenvalue weighted by Crippen LogP contribution is -2.34. The van der Waals surface area contributed by atoms with E-state index in [1.54, 1.807) is 13.8 Å². The van der Waals surface area contributed by atoms with Crippen LogP contribution in [0.3, 0.4) is 0 Å². The summed E-state index contributed by atoms with van der Waals surface area (Å²) in [5, 5.41) is 25.7. The maximum atomic E-state index is 13.1. The summed E-state index contributed by atoms with van der Waals surface area (Å²) in [7, 11) is 0. The average Bonchev–Trinajstić information content (AvgIpc) is 2.60. The number of amides is 2. The Morgan fingerprint density at radius 3 is 2.65 bits per heavy atom. The van der Waals surface area contributed by atoms with Gasteiger partial charge in [0, 0.05) is 16.7 Å². The van der Waals surface area contributed by atoms with Crippen molar-refractivity contribution in [2.24, 2.45) is 5.10 Å². The van der Waals surface area contributed by atoms with Crippen LogP contribution in [0.15, 0.2) is 35.4 Å². The fourth-order valence-electron chi connectivity index (χ4n) is 2.16. The number of hydrazone groups is 1. The minimum atomic E-state index is -0.598. The van der Waals surface area contributed by atoms with Crippen LogP contribution in [-0.2, 0) is 4.79 Å². The SMILES string of the molecule is Cc1cc(O)c(C)c(O)c1C=NNC(=O)CNC(=O)c1cccc(F)c1. The van der Waals surface area contributed by atoms with E-state index in [0.717, 1.165) is 6.07 Å². The van der Waals surface area contributed by atoms with Crippen molar-refractivity contribution in [3.05, 3.63) is 58.4 Å². The molecule has 0 atom stereocenters. The van der Waals surface area contributed by atoms with Gasteiger partial charge in [-0.3, -0.25) is 9.59 Å². The van der Waals surface area contributed by atoms with E-state index in [2.05, 4.69) is 15.8 Å². The first-order chi connectivity index (χ1) is 12.3. The first-order valence-corrected chi connectivity index (χ1v) is 7.67. The van der Waals surface area contributed by atoms with Gasteiger partial charge in [0.05, 0.1) is 12.8 Å². The van der Waals surface area contributed by atoms with Crippen LogP contribution in [0.5, 0.6) is 11.5 Å². The van der Waals surface area contributed by atoms with Gasteiger partial charge in [-0.1, -0.05) is 6.07 Å². The Kier molecular flexibility index (Phi) is 5.90. The molecule has 2 amide bonds. The first kappa shape index (κ1) is 18.9. The van der Waals surface area contributed by atoms with E-state index in [9.17, 15) is 24.2 Å². The molecule has 0 bridgehead atoms. The van der Waals surface area contributed by atoms with Crippen LogP contribution in [0.1, 0.15) is 27.0 Å². The van der Waals surface area contributed by atoms with Crippen LogP contribution in [0.25, 0.3) is 0 Å². The maximum absolute atomic E-state index is 13.1. The maximum Gasteiger partial charge on any atom is 0.259 e. The molecule has 26 heavy (non-hydrogen) atoms. The molecule has 2 rings (SSSR count). The molecular weight excluding hydrogens is 341 g/mol. The predicted octanol–water partition coefficient (Wildman–Crippen LogP) is 1.73. The van der Waals surface area contributed by atoms with E-state index < -0.39 is 17.6 Å². The minimum Gasteiger partial charge on any atom is -0.508 e. The smallest absolute Gasteiger partial charge is 0.259 e. The molecule has 0 unspecified atom stereocenters. The third-order valence-electron chi connectivity index (χ3n) is 3.65. The Hall–Kier alpha value is -3.42. The largest absolute Gasteiger partial charge is 0.508 e. The molecule has 2 aromatic rings. The van der Waals surface area contributed by atoms with Crippen molar-refractivity contribution < 1.29 is 24.2 Å². The molecule has 0 radical (unpaired) electrons. The van der Waals surface area contributed by atoms with E-state index in [-0.39, 0.29) is 23.6 Å². The van der Waals surface area contributed by atoms with E-state index in [1.807, 2.05) is 0 Å². The van der Waals surface area contributed by atoms with Crippen LogP contribution >= 0.6 is 0 Å². The normalized spacial score (nSPS) is 10.7. The number of rotatable bonds is 5. The van der Waals surface area contributed by atoms with E-state index >= 15 is 0 Å². The molecule has 0 spiro atoms. The summed E-state index contributed by atoms with van der Waals surface area (Å²) in [6, 6.07) is 6.55. The molecule has 0 aliphatic heterocycles. The van der Waals surface area contributed by atoms with Gasteiger partial charge in [0.2, 0.25) is 0 Å². The molecule has 0 aliphatic rings. The zero-order chi connectivity index (χ0) is 19.3. The molecule has 0 heterocycles. The number of hydrogen-bond donors (Lipinski definition) is 4. The number of aryl methyl sites for hydroxylation is 1. The third kappa shape index (κ3) is 4.56. The second-order valence-electron chi connectivity index (χ2n) is 5.59. The number of nitrogens with zero attached hydrogens (tertiary/aromatic N) is 1. The van der Waals surface area contributed by atoms with Gasteiger partial charge in [-0.25, -0.2) is 9.82 Å². The Labute approximate surface area is 149 Å². The topological polar surface area (TPSA) is 111 Å². The first-order valence-electron chi connectivity index (χ1n) is 7.67. The number of phenols is 2. The third-order valence-corrected chi connectivity index (χ3v) is 3.65. The summed E-state index contributed by atoms with van der Waals surface area (Å²) < 4.78 is 13.1. The Morgan fingerprint density at radius 2 is 1.96 bits per heavy atom. The molecule has 136 valence electrons. The van der Waals surface area contributed by atoms with Crippen LogP contribution in [0.2, 0.25) is 0 Å². The fourth-order valence-corrected chi connectivity index (χ4v) is 2.16. The lowest BCUT2D eigenvalue weighted by Gasteiger charge is -2.09. The number of nitrogens with one attached hydrogen (secondary N) is 2. The number of carbonyl (C=O) groups excluding carboxylic acids is 2. The summed E-state index contributed by atoms with van der Waals surface area (Å²) in [5.41, 5.74) is 3.53. The Balaban J connectivity index is 1.92. The summed E-state index contributed by atoms with van der Waals surface area (Å²) in [4.78, 5) is 23.5. The van der Waals surface area contributed by atoms with Gasteiger partial charge >= 0.3 is 0 Å². The molecule has 7 nitrogen and oxygen atoms in total. The Morgan fingerprint density at radius 1 is 1.23 bits per heavy atom. The van der Waals surface area contributed by atoms with Crippen molar-refractivity contribution in [1.82, 2.24) is 10.7 Å². The van der Waals surface area contributed by atoms with Gasteiger partial charge in [-0.15, -0.1) is 0 Å². The lowest BCUT2D eigenvalue weighted by atomic mass is 10.0. The van der Waals surface area contributed by atoms with Crippen LogP contribution in [0.4, 0.5) is 4.39 Å². The quantitative estimate of drug-likeness (QED) is 0.481. The van der Waals surface area contributed by atoms with Crippen molar-refractivity contribution in [3.8, 4) is 11.5 Å². The number of benzene rings is 2. The zero-order valence-electron chi connectivity index (χ0n) is 14.2. The molecule has 8 heteroatoms. The van der Waals surface area contributed by atoms with Gasteiger partial charge in [0.1, 0.15) is 17.3 Å². The number of aromatic hydroxyl groups is 2. The lowest BCUT2D eigenvalue weighted by molar-refractivity contribution is -0.120. The van der Waals surface area contributed by atoms with Crippen molar-refractivity contribution in [1.29, 1.82) is 0 Å². The summed E-state index contributed by atoms with van der Waals surface area (Å²) >= 11 is 0. The second-order valence-corrected chi connectivity index (χ2v) is 5.59. The molecular formula is C18H18FN3O4. The zero-order valence-corrected chi connectivity index (χ0v) is 14.2. The molecule has 0 saturated carbocycles. The highest BCUT2D eigenvalue weighted by Crippen LogP contribution is 2.31. The number of halogens is 1. The summed E-state index contributed by atoms with van der Waals surface area (Å²) in [5.74, 6) is -1.92. The highest BCUT2D eigenvalue weighted by molar-refractivity contribution is 5.96. The number of carbonyl (C=O) groups is 2. The van der Waals surface area contributed by atoms with Crippen LogP contribution in [-0.4, -0.2) is 34.8 Å². The number of hydrogen-bond acceptors (Lipinski definition) is 5. The summed E-state index contributed by atoms with van der Waals surface area (Å²) in [6.45, 7) is 2.86. The van der Waals surface area contributed by atoms with Gasteiger partial charge in [-0.05, 0) is 43.7 Å². The van der Waals surface area contributed by atoms with E-state index in [4.69, 9.17) is 0 Å². The van der Waals surface area contributed by atoms with Gasteiger partial charge in [-0.2, -0.15) is 5.10 Å². The van der Waals surface area contributed by atoms with Gasteiger partial charge < -0.3 is 15.5 Å². The second kappa shape index (κ2) is 8.11. The standard InChI is InChI=1S/C18H18FN3O4/c1-10-6-15(23)11(2)17(25)14(10)8-21-22-16(24)9-20-18(26)12-4-3-5-13(19)7-12/h3-8,23,25H,9H2,1-2H3,(H,20,26)(H,22,24). The monoisotopic (exact) mass is 359 g/mol. The highest BCUT2D eigenvalue weighted by Gasteiger charge is 2.11. The molecule has 0 saturated heterocycles. The molecule has 0 aliphatic carbocycles. The predicted molar refractivity (Wildman–Crippen MR) is 93.7 cm³/mol. The van der Waals surface area contributed by atoms with Gasteiger partial charge in [0.15, 0.2) is 0 Å².